The maximum absolute atomic E-state index is 12.9. The fourth-order valence-electron chi connectivity index (χ4n) is 3.50. The molecule has 1 aliphatic rings. The molecule has 1 saturated heterocycles. The van der Waals surface area contributed by atoms with Gasteiger partial charge >= 0.3 is 0 Å². The molecule has 1 fully saturated rings. The van der Waals surface area contributed by atoms with Crippen molar-refractivity contribution in [3.8, 4) is 5.75 Å². The van der Waals surface area contributed by atoms with E-state index >= 15 is 0 Å². The molecule has 4 rings (SSSR count). The van der Waals surface area contributed by atoms with Crippen molar-refractivity contribution in [2.45, 2.75) is 20.5 Å². The summed E-state index contributed by atoms with van der Waals surface area (Å²) in [5.41, 5.74) is 4.20. The van der Waals surface area contributed by atoms with E-state index in [9.17, 15) is 14.4 Å². The van der Waals surface area contributed by atoms with Crippen LogP contribution in [0.25, 0.3) is 6.08 Å². The molecule has 184 valence electrons. The van der Waals surface area contributed by atoms with Crippen molar-refractivity contribution >= 4 is 68.1 Å². The Kier molecular flexibility index (Phi) is 8.18. The van der Waals surface area contributed by atoms with E-state index in [-0.39, 0.29) is 11.4 Å². The average molecular weight is 586 g/mol. The van der Waals surface area contributed by atoms with E-state index < -0.39 is 17.1 Å². The van der Waals surface area contributed by atoms with Gasteiger partial charge in [0.15, 0.2) is 0 Å². The number of thioether (sulfide) groups is 1. The number of nitrogens with zero attached hydrogens (tertiary/aromatic N) is 1. The maximum atomic E-state index is 12.9. The molecule has 36 heavy (non-hydrogen) atoms. The predicted molar refractivity (Wildman–Crippen MR) is 147 cm³/mol. The van der Waals surface area contributed by atoms with Crippen LogP contribution in [0.5, 0.6) is 5.75 Å². The zero-order chi connectivity index (χ0) is 25.8. The Morgan fingerprint density at radius 1 is 1.11 bits per heavy atom. The van der Waals surface area contributed by atoms with Gasteiger partial charge in [-0.15, -0.1) is 0 Å². The van der Waals surface area contributed by atoms with E-state index in [1.165, 1.54) is 0 Å². The highest BCUT2D eigenvalue weighted by Crippen LogP contribution is 2.34. The van der Waals surface area contributed by atoms with Gasteiger partial charge in [0, 0.05) is 16.3 Å². The molecule has 0 radical (unpaired) electrons. The Balaban J connectivity index is 1.41. The minimum absolute atomic E-state index is 0.246. The van der Waals surface area contributed by atoms with Gasteiger partial charge in [0.05, 0.1) is 9.38 Å². The first-order valence-corrected chi connectivity index (χ1v) is 13.0. The molecule has 0 aliphatic carbocycles. The van der Waals surface area contributed by atoms with Crippen molar-refractivity contribution in [2.75, 3.05) is 11.9 Å². The summed E-state index contributed by atoms with van der Waals surface area (Å²) >= 11 is 10.5. The van der Waals surface area contributed by atoms with Crippen LogP contribution in [0.3, 0.4) is 0 Å². The van der Waals surface area contributed by atoms with Crippen LogP contribution in [0, 0.1) is 13.8 Å². The number of carbonyl (C=O) groups is 3. The number of halogens is 2. The Labute approximate surface area is 226 Å². The number of rotatable bonds is 7. The third-order valence-electron chi connectivity index (χ3n) is 5.65. The lowest BCUT2D eigenvalue weighted by Crippen LogP contribution is -2.36. The molecule has 6 nitrogen and oxygen atoms in total. The molecule has 0 spiro atoms. The molecular weight excluding hydrogens is 564 g/mol. The number of imide groups is 1. The van der Waals surface area contributed by atoms with Crippen molar-refractivity contribution < 1.29 is 19.1 Å². The molecule has 0 unspecified atom stereocenters. The highest BCUT2D eigenvalue weighted by Gasteiger charge is 2.36. The minimum atomic E-state index is -0.503. The van der Waals surface area contributed by atoms with Gasteiger partial charge in [0.2, 0.25) is 5.91 Å². The third-order valence-corrected chi connectivity index (χ3v) is 7.54. The second-order valence-electron chi connectivity index (χ2n) is 8.13. The number of aryl methyl sites for hydroxylation is 1. The predicted octanol–water partition coefficient (Wildman–Crippen LogP) is 6.97. The van der Waals surface area contributed by atoms with Crippen LogP contribution in [0.1, 0.15) is 22.3 Å². The van der Waals surface area contributed by atoms with Crippen LogP contribution in [-0.4, -0.2) is 28.5 Å². The minimum Gasteiger partial charge on any atom is -0.488 e. The molecule has 3 amide bonds. The van der Waals surface area contributed by atoms with Crippen molar-refractivity contribution in [1.82, 2.24) is 4.90 Å². The number of nitrogens with one attached hydrogen (secondary N) is 1. The largest absolute Gasteiger partial charge is 0.488 e. The Bertz CT molecular complexity index is 1390. The summed E-state index contributed by atoms with van der Waals surface area (Å²) in [7, 11) is 0. The summed E-state index contributed by atoms with van der Waals surface area (Å²) in [5, 5.41) is 2.93. The van der Waals surface area contributed by atoms with Gasteiger partial charge in [-0.05, 0) is 88.6 Å². The molecule has 3 aromatic rings. The number of carbonyl (C=O) groups excluding carboxylic acids is 3. The van der Waals surface area contributed by atoms with Gasteiger partial charge in [-0.25, -0.2) is 0 Å². The van der Waals surface area contributed by atoms with E-state index in [0.717, 1.165) is 33.4 Å². The van der Waals surface area contributed by atoms with E-state index in [1.54, 1.807) is 36.4 Å². The maximum Gasteiger partial charge on any atom is 0.294 e. The Hall–Kier alpha value is -3.07. The number of anilines is 1. The van der Waals surface area contributed by atoms with Crippen molar-refractivity contribution in [1.29, 1.82) is 0 Å². The topological polar surface area (TPSA) is 75.7 Å². The fourth-order valence-corrected chi connectivity index (χ4v) is 5.04. The van der Waals surface area contributed by atoms with Crippen molar-refractivity contribution in [2.24, 2.45) is 0 Å². The van der Waals surface area contributed by atoms with Crippen molar-refractivity contribution in [3.63, 3.8) is 0 Å². The molecule has 3 aromatic carbocycles. The van der Waals surface area contributed by atoms with Gasteiger partial charge in [-0.1, -0.05) is 48.0 Å². The first-order valence-electron chi connectivity index (χ1n) is 11.0. The summed E-state index contributed by atoms with van der Waals surface area (Å²) in [6.45, 7) is 3.80. The van der Waals surface area contributed by atoms with Gasteiger partial charge < -0.3 is 10.1 Å². The normalized spacial score (nSPS) is 14.4. The highest BCUT2D eigenvalue weighted by molar-refractivity contribution is 9.10. The van der Waals surface area contributed by atoms with Crippen LogP contribution in [0.2, 0.25) is 5.02 Å². The SMILES string of the molecule is Cc1cccc(NC(=O)CN2C(=O)S/C(=C/c3ccc(OCc4ccccc4Cl)c(Br)c3)C2=O)c1C. The number of ether oxygens (including phenoxy) is 1. The standard InChI is InChI=1S/C27H22BrClN2O4S/c1-16-6-5-9-22(17(16)2)30-25(32)14-31-26(33)24(36-27(31)34)13-18-10-11-23(20(28)12-18)35-15-19-7-3-4-8-21(19)29/h3-13H,14-15H2,1-2H3,(H,30,32)/b24-13+. The molecule has 0 saturated carbocycles. The number of amides is 3. The average Bonchev–Trinajstić information content (AvgIpc) is 3.09. The molecule has 1 heterocycles. The summed E-state index contributed by atoms with van der Waals surface area (Å²) in [6, 6.07) is 18.4. The molecule has 9 heteroatoms. The Morgan fingerprint density at radius 2 is 1.89 bits per heavy atom. The molecule has 1 aliphatic heterocycles. The second-order valence-corrected chi connectivity index (χ2v) is 10.4. The number of hydrogen-bond acceptors (Lipinski definition) is 5. The number of benzene rings is 3. The lowest BCUT2D eigenvalue weighted by atomic mass is 10.1. The number of hydrogen-bond donors (Lipinski definition) is 1. The van der Waals surface area contributed by atoms with E-state index in [2.05, 4.69) is 21.2 Å². The lowest BCUT2D eigenvalue weighted by molar-refractivity contribution is -0.127. The van der Waals surface area contributed by atoms with Crippen LogP contribution < -0.4 is 10.1 Å². The molecule has 0 atom stereocenters. The van der Waals surface area contributed by atoms with E-state index in [4.69, 9.17) is 16.3 Å². The zero-order valence-electron chi connectivity index (χ0n) is 19.5. The van der Waals surface area contributed by atoms with E-state index in [0.29, 0.717) is 33.1 Å². The molecular formula is C27H22BrClN2O4S. The Morgan fingerprint density at radius 3 is 2.64 bits per heavy atom. The molecule has 0 aromatic heterocycles. The molecule has 0 bridgehead atoms. The summed E-state index contributed by atoms with van der Waals surface area (Å²) in [6.07, 6.45) is 1.62. The zero-order valence-corrected chi connectivity index (χ0v) is 22.7. The third kappa shape index (κ3) is 6.00. The highest BCUT2D eigenvalue weighted by atomic mass is 79.9. The van der Waals surface area contributed by atoms with Crippen LogP contribution >= 0.6 is 39.3 Å². The van der Waals surface area contributed by atoms with Gasteiger partial charge in [-0.3, -0.25) is 19.3 Å². The second kappa shape index (κ2) is 11.3. The quantitative estimate of drug-likeness (QED) is 0.303. The monoisotopic (exact) mass is 584 g/mol. The van der Waals surface area contributed by atoms with Crippen molar-refractivity contribution in [3.05, 3.63) is 97.3 Å². The molecule has 1 N–H and O–H groups in total. The van der Waals surface area contributed by atoms with E-state index in [1.807, 2.05) is 44.2 Å². The summed E-state index contributed by atoms with van der Waals surface area (Å²) in [4.78, 5) is 39.1. The summed E-state index contributed by atoms with van der Waals surface area (Å²) in [5.74, 6) is -0.324. The fraction of sp³-hybridized carbons (Fsp3) is 0.148. The smallest absolute Gasteiger partial charge is 0.294 e. The van der Waals surface area contributed by atoms with Crippen LogP contribution in [0.4, 0.5) is 10.5 Å². The van der Waals surface area contributed by atoms with Gasteiger partial charge in [-0.2, -0.15) is 0 Å². The first-order chi connectivity index (χ1) is 17.2. The van der Waals surface area contributed by atoms with Crippen LogP contribution in [0.15, 0.2) is 70.0 Å². The first kappa shape index (κ1) is 26.0. The van der Waals surface area contributed by atoms with Gasteiger partial charge in [0.1, 0.15) is 18.9 Å². The van der Waals surface area contributed by atoms with Gasteiger partial charge in [0.25, 0.3) is 11.1 Å². The van der Waals surface area contributed by atoms with Crippen LogP contribution in [-0.2, 0) is 16.2 Å². The summed E-state index contributed by atoms with van der Waals surface area (Å²) < 4.78 is 6.55. The lowest BCUT2D eigenvalue weighted by Gasteiger charge is -2.14.